The van der Waals surface area contributed by atoms with E-state index in [4.69, 9.17) is 16.3 Å². The second-order valence-electron chi connectivity index (χ2n) is 6.94. The van der Waals surface area contributed by atoms with Crippen molar-refractivity contribution in [3.05, 3.63) is 93.7 Å². The van der Waals surface area contributed by atoms with Crippen molar-refractivity contribution in [1.29, 1.82) is 0 Å². The van der Waals surface area contributed by atoms with Gasteiger partial charge in [0.05, 0.1) is 35.0 Å². The van der Waals surface area contributed by atoms with Crippen LogP contribution in [0, 0.1) is 0 Å². The number of rotatable bonds is 6. The highest BCUT2D eigenvalue weighted by atomic mass is 35.5. The van der Waals surface area contributed by atoms with Gasteiger partial charge in [0.25, 0.3) is 5.56 Å². The number of hydrogen-bond donors (Lipinski definition) is 1. The molecule has 1 heterocycles. The first kappa shape index (κ1) is 22.6. The summed E-state index contributed by atoms with van der Waals surface area (Å²) in [6.07, 6.45) is 0. The molecule has 0 aliphatic carbocycles. The van der Waals surface area contributed by atoms with Gasteiger partial charge in [-0.3, -0.25) is 14.2 Å². The Balaban J connectivity index is 1.71. The van der Waals surface area contributed by atoms with E-state index < -0.39 is 5.97 Å². The van der Waals surface area contributed by atoms with Gasteiger partial charge in [-0.1, -0.05) is 47.6 Å². The third-order valence-corrected chi connectivity index (χ3v) is 5.89. The number of benzene rings is 3. The zero-order chi connectivity index (χ0) is 23.4. The summed E-state index contributed by atoms with van der Waals surface area (Å²) in [6, 6.07) is 20.5. The second kappa shape index (κ2) is 9.89. The van der Waals surface area contributed by atoms with E-state index >= 15 is 0 Å². The Bertz CT molecular complexity index is 1410. The molecule has 0 saturated carbocycles. The zero-order valence-corrected chi connectivity index (χ0v) is 19.0. The number of fused-ring (bicyclic) bond motifs is 1. The average molecular weight is 480 g/mol. The molecule has 3 aromatic carbocycles. The fourth-order valence-electron chi connectivity index (χ4n) is 3.21. The van der Waals surface area contributed by atoms with Crippen LogP contribution in [0.3, 0.4) is 0 Å². The number of esters is 1. The molecule has 1 aromatic heterocycles. The van der Waals surface area contributed by atoms with Crippen molar-refractivity contribution in [2.45, 2.75) is 5.16 Å². The van der Waals surface area contributed by atoms with Crippen LogP contribution in [0.4, 0.5) is 5.69 Å². The normalized spacial score (nSPS) is 10.7. The summed E-state index contributed by atoms with van der Waals surface area (Å²) < 4.78 is 6.22. The highest BCUT2D eigenvalue weighted by molar-refractivity contribution is 7.99. The standard InChI is InChI=1S/C24H18ClN3O4S/c1-32-23(31)15-10-11-19-20(12-15)27-24(28(22(19)30)18-8-3-2-4-9-18)33-14-21(29)26-17-7-5-6-16(25)13-17/h2-13H,14H2,1H3,(H,26,29). The van der Waals surface area contributed by atoms with Gasteiger partial charge in [-0.15, -0.1) is 0 Å². The van der Waals surface area contributed by atoms with E-state index in [2.05, 4.69) is 10.3 Å². The van der Waals surface area contributed by atoms with Crippen molar-refractivity contribution in [3.63, 3.8) is 0 Å². The number of thioether (sulfide) groups is 1. The van der Waals surface area contributed by atoms with E-state index in [-0.39, 0.29) is 22.8 Å². The first-order valence-corrected chi connectivity index (χ1v) is 11.2. The van der Waals surface area contributed by atoms with Gasteiger partial charge in [0.1, 0.15) is 0 Å². The summed E-state index contributed by atoms with van der Waals surface area (Å²) in [7, 11) is 1.28. The van der Waals surface area contributed by atoms with E-state index in [1.54, 1.807) is 42.5 Å². The summed E-state index contributed by atoms with van der Waals surface area (Å²) in [5, 5.41) is 3.95. The lowest BCUT2D eigenvalue weighted by Gasteiger charge is -2.13. The van der Waals surface area contributed by atoms with Gasteiger partial charge in [-0.05, 0) is 48.5 Å². The maximum absolute atomic E-state index is 13.4. The van der Waals surface area contributed by atoms with Gasteiger partial charge in [-0.25, -0.2) is 9.78 Å². The smallest absolute Gasteiger partial charge is 0.337 e. The Morgan fingerprint density at radius 2 is 1.85 bits per heavy atom. The number of hydrogen-bond acceptors (Lipinski definition) is 6. The van der Waals surface area contributed by atoms with E-state index in [1.807, 2.05) is 18.2 Å². The zero-order valence-electron chi connectivity index (χ0n) is 17.4. The number of carbonyl (C=O) groups is 2. The van der Waals surface area contributed by atoms with E-state index in [0.717, 1.165) is 11.8 Å². The molecule has 0 unspecified atom stereocenters. The van der Waals surface area contributed by atoms with Gasteiger partial charge >= 0.3 is 5.97 Å². The number of carbonyl (C=O) groups excluding carboxylic acids is 2. The first-order valence-electron chi connectivity index (χ1n) is 9.85. The molecule has 7 nitrogen and oxygen atoms in total. The Hall–Kier alpha value is -3.62. The SMILES string of the molecule is COC(=O)c1ccc2c(=O)n(-c3ccccc3)c(SCC(=O)Nc3cccc(Cl)c3)nc2c1. The van der Waals surface area contributed by atoms with E-state index in [9.17, 15) is 14.4 Å². The third-order valence-electron chi connectivity index (χ3n) is 4.71. The molecule has 0 aliphatic heterocycles. The minimum absolute atomic E-state index is 0.00792. The Labute approximate surface area is 198 Å². The number of methoxy groups -OCH3 is 1. The molecule has 9 heteroatoms. The van der Waals surface area contributed by atoms with Crippen LogP contribution < -0.4 is 10.9 Å². The molecule has 1 N–H and O–H groups in total. The number of nitrogens with one attached hydrogen (secondary N) is 1. The topological polar surface area (TPSA) is 90.3 Å². The van der Waals surface area contributed by atoms with Crippen LogP contribution in [0.15, 0.2) is 82.7 Å². The number of halogens is 1. The average Bonchev–Trinajstić information content (AvgIpc) is 2.82. The van der Waals surface area contributed by atoms with E-state index in [1.165, 1.54) is 23.8 Å². The van der Waals surface area contributed by atoms with Crippen LogP contribution in [-0.2, 0) is 9.53 Å². The molecular formula is C24H18ClN3O4S. The van der Waals surface area contributed by atoms with Gasteiger partial charge in [0.2, 0.25) is 5.91 Å². The molecule has 0 radical (unpaired) electrons. The monoisotopic (exact) mass is 479 g/mol. The largest absolute Gasteiger partial charge is 0.465 e. The molecule has 0 fully saturated rings. The predicted molar refractivity (Wildman–Crippen MR) is 129 cm³/mol. The number of anilines is 1. The van der Waals surface area contributed by atoms with Crippen molar-refractivity contribution >= 4 is 51.8 Å². The number of para-hydroxylation sites is 1. The minimum atomic E-state index is -0.527. The number of aromatic nitrogens is 2. The number of amides is 1. The van der Waals surface area contributed by atoms with Gasteiger partial charge in [0, 0.05) is 10.7 Å². The predicted octanol–water partition coefficient (Wildman–Crippen LogP) is 4.56. The lowest BCUT2D eigenvalue weighted by molar-refractivity contribution is -0.113. The fourth-order valence-corrected chi connectivity index (χ4v) is 4.21. The third kappa shape index (κ3) is 5.08. The summed E-state index contributed by atoms with van der Waals surface area (Å²) in [6.45, 7) is 0. The lowest BCUT2D eigenvalue weighted by Crippen LogP contribution is -2.23. The number of nitrogens with zero attached hydrogens (tertiary/aromatic N) is 2. The van der Waals surface area contributed by atoms with Crippen LogP contribution in [-0.4, -0.2) is 34.3 Å². The fraction of sp³-hybridized carbons (Fsp3) is 0.0833. The highest BCUT2D eigenvalue weighted by Crippen LogP contribution is 2.23. The van der Waals surface area contributed by atoms with Gasteiger partial charge < -0.3 is 10.1 Å². The molecule has 0 atom stereocenters. The Kier molecular flexibility index (Phi) is 6.76. The maximum Gasteiger partial charge on any atom is 0.337 e. The Morgan fingerprint density at radius 1 is 1.06 bits per heavy atom. The summed E-state index contributed by atoms with van der Waals surface area (Å²) in [5.74, 6) is -0.797. The van der Waals surface area contributed by atoms with Crippen molar-refractivity contribution < 1.29 is 14.3 Å². The van der Waals surface area contributed by atoms with Crippen LogP contribution in [0.1, 0.15) is 10.4 Å². The summed E-state index contributed by atoms with van der Waals surface area (Å²) in [4.78, 5) is 42.4. The molecule has 0 saturated heterocycles. The molecule has 33 heavy (non-hydrogen) atoms. The van der Waals surface area contributed by atoms with Crippen LogP contribution in [0.5, 0.6) is 0 Å². The summed E-state index contributed by atoms with van der Waals surface area (Å²) >= 11 is 7.08. The highest BCUT2D eigenvalue weighted by Gasteiger charge is 2.17. The second-order valence-corrected chi connectivity index (χ2v) is 8.32. The van der Waals surface area contributed by atoms with Crippen LogP contribution in [0.25, 0.3) is 16.6 Å². The van der Waals surface area contributed by atoms with Crippen molar-refractivity contribution in [2.24, 2.45) is 0 Å². The van der Waals surface area contributed by atoms with Crippen molar-refractivity contribution in [3.8, 4) is 5.69 Å². The molecule has 0 aliphatic rings. The van der Waals surface area contributed by atoms with Crippen LogP contribution >= 0.6 is 23.4 Å². The molecule has 1 amide bonds. The van der Waals surface area contributed by atoms with Gasteiger partial charge in [-0.2, -0.15) is 0 Å². The lowest BCUT2D eigenvalue weighted by atomic mass is 10.1. The molecule has 4 aromatic rings. The summed E-state index contributed by atoms with van der Waals surface area (Å²) in [5.41, 5.74) is 1.51. The number of ether oxygens (including phenoxy) is 1. The quantitative estimate of drug-likeness (QED) is 0.248. The van der Waals surface area contributed by atoms with Crippen LogP contribution in [0.2, 0.25) is 5.02 Å². The van der Waals surface area contributed by atoms with Crippen molar-refractivity contribution in [1.82, 2.24) is 9.55 Å². The molecule has 0 bridgehead atoms. The first-order chi connectivity index (χ1) is 16.0. The minimum Gasteiger partial charge on any atom is -0.465 e. The van der Waals surface area contributed by atoms with E-state index in [0.29, 0.717) is 32.5 Å². The molecule has 166 valence electrons. The molecule has 4 rings (SSSR count). The maximum atomic E-state index is 13.4. The Morgan fingerprint density at radius 3 is 2.58 bits per heavy atom. The molecule has 0 spiro atoms. The van der Waals surface area contributed by atoms with Crippen molar-refractivity contribution in [2.75, 3.05) is 18.2 Å². The molecular weight excluding hydrogens is 462 g/mol. The van der Waals surface area contributed by atoms with Gasteiger partial charge in [0.15, 0.2) is 5.16 Å².